The minimum absolute atomic E-state index is 0.218. The number of rotatable bonds is 7. The number of methoxy groups -OCH3 is 1. The molecule has 0 fully saturated rings. The average molecular weight is 369 g/mol. The van der Waals surface area contributed by atoms with Crippen molar-refractivity contribution in [1.29, 1.82) is 0 Å². The number of anilines is 1. The molecule has 27 heavy (non-hydrogen) atoms. The maximum atomic E-state index is 5.63. The first kappa shape index (κ1) is 19.3. The predicted molar refractivity (Wildman–Crippen MR) is 106 cm³/mol. The third-order valence-corrected chi connectivity index (χ3v) is 5.27. The summed E-state index contributed by atoms with van der Waals surface area (Å²) < 4.78 is 5.12. The number of hydroxylamine groups is 1. The second-order valence-electron chi connectivity index (χ2n) is 7.20. The molecule has 0 aliphatic carbocycles. The third-order valence-electron chi connectivity index (χ3n) is 5.27. The van der Waals surface area contributed by atoms with Crippen LogP contribution in [0.3, 0.4) is 0 Å². The van der Waals surface area contributed by atoms with Crippen LogP contribution in [0.15, 0.2) is 41.7 Å². The molecule has 0 amide bonds. The lowest BCUT2D eigenvalue weighted by molar-refractivity contribution is 0.0165. The number of hydrogen-bond acceptors (Lipinski definition) is 7. The average Bonchev–Trinajstić information content (AvgIpc) is 3.15. The molecule has 0 saturated carbocycles. The van der Waals surface area contributed by atoms with Crippen LogP contribution in [0.4, 0.5) is 5.95 Å². The smallest absolute Gasteiger partial charge is 0.219 e. The third kappa shape index (κ3) is 3.94. The number of hydrogen-bond donors (Lipinski definition) is 2. The summed E-state index contributed by atoms with van der Waals surface area (Å²) in [5.74, 6) is 1.44. The molecule has 0 radical (unpaired) electrons. The largest absolute Gasteiger partial charge is 0.385 e. The van der Waals surface area contributed by atoms with Gasteiger partial charge in [-0.2, -0.15) is 0 Å². The van der Waals surface area contributed by atoms with Gasteiger partial charge in [0.2, 0.25) is 5.95 Å². The summed E-state index contributed by atoms with van der Waals surface area (Å²) >= 11 is 0. The van der Waals surface area contributed by atoms with Gasteiger partial charge in [0.1, 0.15) is 5.84 Å². The van der Waals surface area contributed by atoms with E-state index in [0.717, 1.165) is 23.4 Å². The number of nitrogens with one attached hydrogen (secondary N) is 1. The minimum atomic E-state index is -0.294. The molecule has 144 valence electrons. The zero-order valence-electron chi connectivity index (χ0n) is 16.3. The molecule has 0 bridgehead atoms. The van der Waals surface area contributed by atoms with Gasteiger partial charge in [-0.1, -0.05) is 38.1 Å². The standard InChI is InChI=1S/C20H27N5O2/c1-13(2)20(3,18-24-17(27-25-18)9-10-26-4)16-7-5-14(6-8-16)15-11-22-19(21)23-12-15/h5-8,11-13,17H,9-10H2,1-4H3,(H,24,25)(H2,21,22,23). The van der Waals surface area contributed by atoms with Crippen molar-refractivity contribution in [1.82, 2.24) is 15.4 Å². The van der Waals surface area contributed by atoms with Crippen LogP contribution < -0.4 is 11.2 Å². The number of aliphatic imine (C=N–C) groups is 1. The Kier molecular flexibility index (Phi) is 5.72. The lowest BCUT2D eigenvalue weighted by Gasteiger charge is -2.34. The molecule has 3 rings (SSSR count). The molecule has 2 heterocycles. The summed E-state index contributed by atoms with van der Waals surface area (Å²) in [5, 5.41) is 0. The topological polar surface area (TPSA) is 94.7 Å². The second-order valence-corrected chi connectivity index (χ2v) is 7.20. The van der Waals surface area contributed by atoms with Gasteiger partial charge in [-0.15, -0.1) is 0 Å². The van der Waals surface area contributed by atoms with E-state index < -0.39 is 0 Å². The molecule has 3 N–H and O–H groups in total. The first-order chi connectivity index (χ1) is 12.9. The molecule has 0 spiro atoms. The lowest BCUT2D eigenvalue weighted by atomic mass is 9.72. The van der Waals surface area contributed by atoms with Gasteiger partial charge < -0.3 is 10.5 Å². The summed E-state index contributed by atoms with van der Waals surface area (Å²) in [7, 11) is 1.68. The number of aromatic nitrogens is 2. The second kappa shape index (κ2) is 8.02. The molecule has 0 saturated heterocycles. The first-order valence-electron chi connectivity index (χ1n) is 9.12. The fraction of sp³-hybridized carbons (Fsp3) is 0.450. The number of nitrogens with two attached hydrogens (primary N) is 1. The zero-order valence-corrected chi connectivity index (χ0v) is 16.3. The van der Waals surface area contributed by atoms with Gasteiger partial charge in [0.15, 0.2) is 6.23 Å². The van der Waals surface area contributed by atoms with E-state index in [9.17, 15) is 0 Å². The van der Waals surface area contributed by atoms with E-state index in [1.54, 1.807) is 19.5 Å². The van der Waals surface area contributed by atoms with Gasteiger partial charge >= 0.3 is 0 Å². The normalized spacial score (nSPS) is 18.9. The van der Waals surface area contributed by atoms with Gasteiger partial charge in [0.25, 0.3) is 0 Å². The van der Waals surface area contributed by atoms with Crippen molar-refractivity contribution in [2.45, 2.75) is 38.8 Å². The Morgan fingerprint density at radius 2 is 1.85 bits per heavy atom. The molecule has 7 heteroatoms. The zero-order chi connectivity index (χ0) is 19.4. The van der Waals surface area contributed by atoms with Gasteiger partial charge in [-0.3, -0.25) is 0 Å². The van der Waals surface area contributed by atoms with Crippen molar-refractivity contribution < 1.29 is 9.57 Å². The van der Waals surface area contributed by atoms with E-state index in [-0.39, 0.29) is 17.6 Å². The Hall–Kier alpha value is -2.51. The number of benzene rings is 1. The predicted octanol–water partition coefficient (Wildman–Crippen LogP) is 2.94. The van der Waals surface area contributed by atoms with Crippen LogP contribution in [0.1, 0.15) is 32.8 Å². The molecule has 2 atom stereocenters. The fourth-order valence-electron chi connectivity index (χ4n) is 3.14. The number of nitrogens with zero attached hydrogens (tertiary/aromatic N) is 3. The molecule has 1 aliphatic rings. The Balaban J connectivity index is 1.87. The number of amidine groups is 1. The lowest BCUT2D eigenvalue weighted by Crippen LogP contribution is -2.43. The van der Waals surface area contributed by atoms with Crippen LogP contribution >= 0.6 is 0 Å². The van der Waals surface area contributed by atoms with E-state index in [1.807, 2.05) is 0 Å². The summed E-state index contributed by atoms with van der Waals surface area (Å²) in [6.07, 6.45) is 3.97. The highest BCUT2D eigenvalue weighted by Gasteiger charge is 2.39. The van der Waals surface area contributed by atoms with Crippen LogP contribution in [0.25, 0.3) is 11.1 Å². The molecular weight excluding hydrogens is 342 g/mol. The van der Waals surface area contributed by atoms with Crippen molar-refractivity contribution in [3.8, 4) is 11.1 Å². The van der Waals surface area contributed by atoms with Gasteiger partial charge in [0, 0.05) is 31.5 Å². The SMILES string of the molecule is COCCC1N=C(C(C)(c2ccc(-c3cnc(N)nc3)cc2)C(C)C)NO1. The molecule has 1 aromatic heterocycles. The molecule has 1 aromatic carbocycles. The van der Waals surface area contributed by atoms with Crippen LogP contribution in [-0.2, 0) is 15.0 Å². The summed E-state index contributed by atoms with van der Waals surface area (Å²) in [4.78, 5) is 18.5. The van der Waals surface area contributed by atoms with Crippen LogP contribution in [0.5, 0.6) is 0 Å². The monoisotopic (exact) mass is 369 g/mol. The molecule has 1 aliphatic heterocycles. The van der Waals surface area contributed by atoms with E-state index >= 15 is 0 Å². The first-order valence-corrected chi connectivity index (χ1v) is 9.12. The summed E-state index contributed by atoms with van der Waals surface area (Å²) in [6.45, 7) is 7.18. The van der Waals surface area contributed by atoms with Gasteiger partial charge in [-0.25, -0.2) is 25.3 Å². The van der Waals surface area contributed by atoms with E-state index in [2.05, 4.69) is 60.5 Å². The number of ether oxygens (including phenoxy) is 1. The fourth-order valence-corrected chi connectivity index (χ4v) is 3.14. The van der Waals surface area contributed by atoms with E-state index in [1.165, 1.54) is 5.56 Å². The van der Waals surface area contributed by atoms with Crippen LogP contribution in [-0.4, -0.2) is 35.7 Å². The molecule has 2 aromatic rings. The van der Waals surface area contributed by atoms with Crippen LogP contribution in [0, 0.1) is 5.92 Å². The highest BCUT2D eigenvalue weighted by atomic mass is 16.7. The molecule has 2 unspecified atom stereocenters. The van der Waals surface area contributed by atoms with Crippen molar-refractivity contribution in [2.75, 3.05) is 19.5 Å². The maximum Gasteiger partial charge on any atom is 0.219 e. The van der Waals surface area contributed by atoms with Crippen molar-refractivity contribution in [2.24, 2.45) is 10.9 Å². The van der Waals surface area contributed by atoms with Crippen molar-refractivity contribution in [3.63, 3.8) is 0 Å². The van der Waals surface area contributed by atoms with Gasteiger partial charge in [0.05, 0.1) is 12.0 Å². The highest BCUT2D eigenvalue weighted by molar-refractivity contribution is 5.93. The number of nitrogen functional groups attached to an aromatic ring is 1. The van der Waals surface area contributed by atoms with Gasteiger partial charge in [-0.05, 0) is 24.0 Å². The Labute approximate surface area is 160 Å². The Bertz CT molecular complexity index is 789. The summed E-state index contributed by atoms with van der Waals surface area (Å²) in [5.41, 5.74) is 11.5. The Morgan fingerprint density at radius 3 is 2.44 bits per heavy atom. The summed E-state index contributed by atoms with van der Waals surface area (Å²) in [6, 6.07) is 8.39. The molecule has 7 nitrogen and oxygen atoms in total. The van der Waals surface area contributed by atoms with Crippen molar-refractivity contribution >= 4 is 11.8 Å². The van der Waals surface area contributed by atoms with E-state index in [0.29, 0.717) is 12.5 Å². The minimum Gasteiger partial charge on any atom is -0.385 e. The van der Waals surface area contributed by atoms with Crippen LogP contribution in [0.2, 0.25) is 0 Å². The highest BCUT2D eigenvalue weighted by Crippen LogP contribution is 2.35. The maximum absolute atomic E-state index is 5.63. The molecular formula is C20H27N5O2. The Morgan fingerprint density at radius 1 is 1.19 bits per heavy atom. The van der Waals surface area contributed by atoms with E-state index in [4.69, 9.17) is 20.3 Å². The quantitative estimate of drug-likeness (QED) is 0.779. The van der Waals surface area contributed by atoms with Crippen molar-refractivity contribution in [3.05, 3.63) is 42.2 Å².